The van der Waals surface area contributed by atoms with Crippen molar-refractivity contribution in [3.8, 4) is 0 Å². The summed E-state index contributed by atoms with van der Waals surface area (Å²) in [5.74, 6) is -0.234. The molecule has 1 heterocycles. The summed E-state index contributed by atoms with van der Waals surface area (Å²) in [6.07, 6.45) is 4.04. The third kappa shape index (κ3) is 4.45. The van der Waals surface area contributed by atoms with Gasteiger partial charge >= 0.3 is 0 Å². The molecule has 0 spiro atoms. The van der Waals surface area contributed by atoms with Gasteiger partial charge in [-0.3, -0.25) is 4.79 Å². The Morgan fingerprint density at radius 3 is 2.59 bits per heavy atom. The number of hydrogen-bond donors (Lipinski definition) is 1. The third-order valence-corrected chi connectivity index (χ3v) is 5.73. The summed E-state index contributed by atoms with van der Waals surface area (Å²) in [4.78, 5) is 14.7. The zero-order valence-electron chi connectivity index (χ0n) is 17.9. The molecule has 0 saturated carbocycles. The molecule has 29 heavy (non-hydrogen) atoms. The van der Waals surface area contributed by atoms with Crippen LogP contribution >= 0.6 is 15.9 Å². The predicted octanol–water partition coefficient (Wildman–Crippen LogP) is 5.93. The summed E-state index contributed by atoms with van der Waals surface area (Å²) in [7, 11) is 0. The smallest absolute Gasteiger partial charge is 0.271 e. The van der Waals surface area contributed by atoms with Crippen LogP contribution < -0.4 is 10.3 Å². The second kappa shape index (κ2) is 8.15. The van der Waals surface area contributed by atoms with Crippen LogP contribution in [-0.2, 0) is 0 Å². The van der Waals surface area contributed by atoms with E-state index in [1.807, 2.05) is 12.1 Å². The summed E-state index contributed by atoms with van der Waals surface area (Å²) < 4.78 is 0.861. The Hall–Kier alpha value is -2.40. The van der Waals surface area contributed by atoms with Gasteiger partial charge < -0.3 is 4.90 Å². The van der Waals surface area contributed by atoms with Gasteiger partial charge in [-0.05, 0) is 88.6 Å². The number of hydrogen-bond acceptors (Lipinski definition) is 3. The van der Waals surface area contributed by atoms with E-state index in [0.717, 1.165) is 15.6 Å². The Balaban J connectivity index is 1.88. The van der Waals surface area contributed by atoms with Crippen molar-refractivity contribution >= 4 is 39.3 Å². The molecule has 2 aromatic carbocycles. The van der Waals surface area contributed by atoms with Crippen LogP contribution in [0, 0.1) is 6.92 Å². The summed E-state index contributed by atoms with van der Waals surface area (Å²) in [6.45, 7) is 13.2. The minimum absolute atomic E-state index is 0.0365. The highest BCUT2D eigenvalue weighted by Crippen LogP contribution is 2.41. The molecule has 0 bridgehead atoms. The molecule has 4 nitrogen and oxygen atoms in total. The first kappa shape index (κ1) is 21.3. The fraction of sp³-hybridized carbons (Fsp3) is 0.333. The standard InChI is InChI=1S/C24H28BrN3O/c1-15(2)28-22-10-16(3)19(12-21(22)17(4)13-24(28,5)6)14-26-27-23(29)18-8-7-9-20(25)11-18/h7-15H,1-6H3,(H,27,29)/b26-14+. The molecule has 0 radical (unpaired) electrons. The van der Waals surface area contributed by atoms with E-state index < -0.39 is 0 Å². The van der Waals surface area contributed by atoms with Crippen molar-refractivity contribution in [3.63, 3.8) is 0 Å². The summed E-state index contributed by atoms with van der Waals surface area (Å²) in [5.41, 5.74) is 8.98. The molecule has 0 saturated heterocycles. The van der Waals surface area contributed by atoms with E-state index in [0.29, 0.717) is 11.6 Å². The van der Waals surface area contributed by atoms with E-state index >= 15 is 0 Å². The molecule has 0 unspecified atom stereocenters. The molecule has 0 aliphatic carbocycles. The van der Waals surface area contributed by atoms with Crippen LogP contribution in [-0.4, -0.2) is 23.7 Å². The maximum atomic E-state index is 12.3. The number of carbonyl (C=O) groups excluding carboxylic acids is 1. The molecule has 2 aromatic rings. The number of carbonyl (C=O) groups is 1. The van der Waals surface area contributed by atoms with Crippen LogP contribution in [0.1, 0.15) is 61.7 Å². The van der Waals surface area contributed by atoms with Crippen molar-refractivity contribution in [1.82, 2.24) is 5.43 Å². The molecular formula is C24H28BrN3O. The summed E-state index contributed by atoms with van der Waals surface area (Å²) in [6, 6.07) is 12.0. The normalized spacial score (nSPS) is 15.4. The van der Waals surface area contributed by atoms with Crippen LogP contribution in [0.25, 0.3) is 5.57 Å². The highest BCUT2D eigenvalue weighted by molar-refractivity contribution is 9.10. The largest absolute Gasteiger partial charge is 0.360 e. The number of nitrogens with zero attached hydrogens (tertiary/aromatic N) is 2. The molecule has 1 N–H and O–H groups in total. The van der Waals surface area contributed by atoms with Crippen LogP contribution in [0.3, 0.4) is 0 Å². The number of aryl methyl sites for hydroxylation is 1. The van der Waals surface area contributed by atoms with Crippen molar-refractivity contribution in [2.75, 3.05) is 4.90 Å². The van der Waals surface area contributed by atoms with E-state index in [1.54, 1.807) is 18.3 Å². The lowest BCUT2D eigenvalue weighted by Gasteiger charge is -2.46. The Labute approximate surface area is 181 Å². The lowest BCUT2D eigenvalue weighted by molar-refractivity contribution is 0.0955. The second-order valence-corrected chi connectivity index (χ2v) is 9.30. The van der Waals surface area contributed by atoms with Gasteiger partial charge in [-0.2, -0.15) is 5.10 Å². The molecule has 1 amide bonds. The van der Waals surface area contributed by atoms with Crippen LogP contribution in [0.2, 0.25) is 0 Å². The zero-order chi connectivity index (χ0) is 21.3. The van der Waals surface area contributed by atoms with Crippen molar-refractivity contribution in [2.45, 2.75) is 53.1 Å². The quantitative estimate of drug-likeness (QED) is 0.460. The Morgan fingerprint density at radius 1 is 1.21 bits per heavy atom. The van der Waals surface area contributed by atoms with Gasteiger partial charge in [-0.25, -0.2) is 5.43 Å². The van der Waals surface area contributed by atoms with Crippen LogP contribution in [0.4, 0.5) is 5.69 Å². The van der Waals surface area contributed by atoms with Crippen LogP contribution in [0.5, 0.6) is 0 Å². The number of halogens is 1. The van der Waals surface area contributed by atoms with E-state index in [-0.39, 0.29) is 11.4 Å². The topological polar surface area (TPSA) is 44.7 Å². The average Bonchev–Trinajstić information content (AvgIpc) is 2.61. The second-order valence-electron chi connectivity index (χ2n) is 8.38. The van der Waals surface area contributed by atoms with Crippen molar-refractivity contribution in [2.24, 2.45) is 5.10 Å². The van der Waals surface area contributed by atoms with Gasteiger partial charge in [0.05, 0.1) is 11.8 Å². The van der Waals surface area contributed by atoms with Gasteiger partial charge in [0.2, 0.25) is 0 Å². The van der Waals surface area contributed by atoms with Gasteiger partial charge in [0.15, 0.2) is 0 Å². The van der Waals surface area contributed by atoms with Gasteiger partial charge in [0, 0.05) is 27.3 Å². The van der Waals surface area contributed by atoms with Crippen molar-refractivity contribution < 1.29 is 4.79 Å². The predicted molar refractivity (Wildman–Crippen MR) is 126 cm³/mol. The highest BCUT2D eigenvalue weighted by Gasteiger charge is 2.33. The number of allylic oxidation sites excluding steroid dienone is 1. The fourth-order valence-electron chi connectivity index (χ4n) is 4.15. The Morgan fingerprint density at radius 2 is 1.93 bits per heavy atom. The molecule has 0 aromatic heterocycles. The molecule has 0 fully saturated rings. The monoisotopic (exact) mass is 453 g/mol. The number of fused-ring (bicyclic) bond motifs is 1. The van der Waals surface area contributed by atoms with Crippen LogP contribution in [0.15, 0.2) is 52.0 Å². The number of benzene rings is 2. The first-order chi connectivity index (χ1) is 13.6. The molecule has 0 atom stereocenters. The molecule has 5 heteroatoms. The maximum Gasteiger partial charge on any atom is 0.271 e. The number of nitrogens with one attached hydrogen (secondary N) is 1. The van der Waals surface area contributed by atoms with E-state index in [2.05, 4.69) is 91.1 Å². The maximum absolute atomic E-state index is 12.3. The number of hydrazone groups is 1. The number of rotatable bonds is 4. The summed E-state index contributed by atoms with van der Waals surface area (Å²) >= 11 is 3.38. The minimum Gasteiger partial charge on any atom is -0.360 e. The Bertz CT molecular complexity index is 1010. The van der Waals surface area contributed by atoms with Crippen molar-refractivity contribution in [3.05, 3.63) is 69.2 Å². The van der Waals surface area contributed by atoms with E-state index in [9.17, 15) is 4.79 Å². The zero-order valence-corrected chi connectivity index (χ0v) is 19.5. The summed E-state index contributed by atoms with van der Waals surface area (Å²) in [5, 5.41) is 4.19. The average molecular weight is 454 g/mol. The highest BCUT2D eigenvalue weighted by atomic mass is 79.9. The van der Waals surface area contributed by atoms with Gasteiger partial charge in [0.1, 0.15) is 0 Å². The van der Waals surface area contributed by atoms with Crippen molar-refractivity contribution in [1.29, 1.82) is 0 Å². The molecule has 1 aliphatic heterocycles. The fourth-order valence-corrected chi connectivity index (χ4v) is 4.55. The number of amides is 1. The SMILES string of the molecule is CC1=CC(C)(C)N(C(C)C)c2cc(C)c(/C=N/NC(=O)c3cccc(Br)c3)cc21. The van der Waals surface area contributed by atoms with Gasteiger partial charge in [-0.15, -0.1) is 0 Å². The van der Waals surface area contributed by atoms with Gasteiger partial charge in [0.25, 0.3) is 5.91 Å². The molecular weight excluding hydrogens is 426 g/mol. The molecule has 152 valence electrons. The Kier molecular flexibility index (Phi) is 5.99. The first-order valence-corrected chi connectivity index (χ1v) is 10.6. The number of anilines is 1. The van der Waals surface area contributed by atoms with E-state index in [1.165, 1.54) is 16.8 Å². The lowest BCUT2D eigenvalue weighted by atomic mass is 9.86. The minimum atomic E-state index is -0.234. The third-order valence-electron chi connectivity index (χ3n) is 5.23. The lowest BCUT2D eigenvalue weighted by Crippen LogP contribution is -2.49. The molecule has 3 rings (SSSR count). The molecule has 1 aliphatic rings. The van der Waals surface area contributed by atoms with Gasteiger partial charge in [-0.1, -0.05) is 28.1 Å². The van der Waals surface area contributed by atoms with E-state index in [4.69, 9.17) is 0 Å². The first-order valence-electron chi connectivity index (χ1n) is 9.83.